The highest BCUT2D eigenvalue weighted by molar-refractivity contribution is 5.84. The van der Waals surface area contributed by atoms with Crippen LogP contribution in [0.4, 0.5) is 0 Å². The van der Waals surface area contributed by atoms with E-state index in [9.17, 15) is 9.59 Å². The standard InChI is InChI=1S/C25H37N3O2/c1-6-8-15-26(22(5)29)19-25(30)28(21(4)7-2)18-24-14-11-16-27(24)17-23-13-10-9-12-20(23)3/h9-14,16,21H,6-8,15,17-19H2,1-5H3/t21-/m0/s1. The Morgan fingerprint density at radius 3 is 2.47 bits per heavy atom. The van der Waals surface area contributed by atoms with E-state index in [0.717, 1.165) is 31.5 Å². The quantitative estimate of drug-likeness (QED) is 0.542. The molecule has 2 aromatic rings. The zero-order valence-electron chi connectivity index (χ0n) is 19.2. The number of carbonyl (C=O) groups excluding carboxylic acids is 2. The van der Waals surface area contributed by atoms with Gasteiger partial charge >= 0.3 is 0 Å². The van der Waals surface area contributed by atoms with Gasteiger partial charge in [-0.1, -0.05) is 44.5 Å². The summed E-state index contributed by atoms with van der Waals surface area (Å²) in [5.74, 6) is -0.0249. The van der Waals surface area contributed by atoms with Crippen LogP contribution in [0.2, 0.25) is 0 Å². The van der Waals surface area contributed by atoms with Crippen molar-refractivity contribution in [1.82, 2.24) is 14.4 Å². The number of hydrogen-bond donors (Lipinski definition) is 0. The van der Waals surface area contributed by atoms with Crippen molar-refractivity contribution in [2.45, 2.75) is 73.0 Å². The Hall–Kier alpha value is -2.56. The van der Waals surface area contributed by atoms with Crippen LogP contribution < -0.4 is 0 Å². The van der Waals surface area contributed by atoms with Crippen LogP contribution in [0, 0.1) is 6.92 Å². The molecule has 1 atom stereocenters. The minimum atomic E-state index is -0.0381. The molecule has 1 aromatic heterocycles. The predicted octanol–water partition coefficient (Wildman–Crippen LogP) is 4.62. The predicted molar refractivity (Wildman–Crippen MR) is 122 cm³/mol. The molecule has 1 aromatic carbocycles. The third-order valence-corrected chi connectivity index (χ3v) is 5.85. The van der Waals surface area contributed by atoms with Crippen LogP contribution in [0.25, 0.3) is 0 Å². The van der Waals surface area contributed by atoms with Crippen molar-refractivity contribution in [3.05, 3.63) is 59.4 Å². The average Bonchev–Trinajstić information content (AvgIpc) is 3.16. The van der Waals surface area contributed by atoms with Gasteiger partial charge in [0, 0.05) is 37.9 Å². The highest BCUT2D eigenvalue weighted by Crippen LogP contribution is 2.16. The molecule has 0 N–H and O–H groups in total. The number of carbonyl (C=O) groups is 2. The van der Waals surface area contributed by atoms with Crippen molar-refractivity contribution in [2.24, 2.45) is 0 Å². The maximum absolute atomic E-state index is 13.2. The van der Waals surface area contributed by atoms with E-state index in [1.165, 1.54) is 11.1 Å². The first kappa shape index (κ1) is 23.7. The fourth-order valence-corrected chi connectivity index (χ4v) is 3.55. The van der Waals surface area contributed by atoms with Crippen LogP contribution in [0.5, 0.6) is 0 Å². The van der Waals surface area contributed by atoms with E-state index < -0.39 is 0 Å². The first-order chi connectivity index (χ1) is 14.4. The molecule has 0 aliphatic carbocycles. The third-order valence-electron chi connectivity index (χ3n) is 5.85. The van der Waals surface area contributed by atoms with E-state index in [0.29, 0.717) is 13.1 Å². The first-order valence-electron chi connectivity index (χ1n) is 11.1. The lowest BCUT2D eigenvalue weighted by molar-refractivity contribution is -0.141. The molecule has 5 nitrogen and oxygen atoms in total. The number of unbranched alkanes of at least 4 members (excludes halogenated alkanes) is 1. The Morgan fingerprint density at radius 1 is 1.10 bits per heavy atom. The molecule has 1 heterocycles. The molecule has 0 saturated heterocycles. The Balaban J connectivity index is 2.17. The highest BCUT2D eigenvalue weighted by Gasteiger charge is 2.23. The van der Waals surface area contributed by atoms with E-state index in [2.05, 4.69) is 68.8 Å². The van der Waals surface area contributed by atoms with Crippen LogP contribution in [0.1, 0.15) is 63.8 Å². The summed E-state index contributed by atoms with van der Waals surface area (Å²) in [5, 5.41) is 0. The van der Waals surface area contributed by atoms with E-state index in [4.69, 9.17) is 0 Å². The lowest BCUT2D eigenvalue weighted by atomic mass is 10.1. The van der Waals surface area contributed by atoms with Crippen LogP contribution in [-0.4, -0.2) is 45.3 Å². The number of aromatic nitrogens is 1. The van der Waals surface area contributed by atoms with Gasteiger partial charge in [-0.3, -0.25) is 9.59 Å². The minimum Gasteiger partial charge on any atom is -0.345 e. The van der Waals surface area contributed by atoms with Crippen molar-refractivity contribution < 1.29 is 9.59 Å². The molecule has 5 heteroatoms. The lowest BCUT2D eigenvalue weighted by Gasteiger charge is -2.31. The molecule has 0 radical (unpaired) electrons. The Bertz CT molecular complexity index is 827. The van der Waals surface area contributed by atoms with Gasteiger partial charge in [0.05, 0.1) is 13.1 Å². The molecule has 0 aliphatic heterocycles. The zero-order valence-corrected chi connectivity index (χ0v) is 19.2. The fourth-order valence-electron chi connectivity index (χ4n) is 3.55. The molecule has 0 aliphatic rings. The van der Waals surface area contributed by atoms with Crippen molar-refractivity contribution in [1.29, 1.82) is 0 Å². The fraction of sp³-hybridized carbons (Fsp3) is 0.520. The number of hydrogen-bond acceptors (Lipinski definition) is 2. The molecule has 0 saturated carbocycles. The van der Waals surface area contributed by atoms with E-state index >= 15 is 0 Å². The van der Waals surface area contributed by atoms with Gasteiger partial charge < -0.3 is 14.4 Å². The maximum atomic E-state index is 13.2. The number of benzene rings is 1. The van der Waals surface area contributed by atoms with Crippen LogP contribution in [0.15, 0.2) is 42.6 Å². The number of aryl methyl sites for hydroxylation is 1. The summed E-state index contributed by atoms with van der Waals surface area (Å²) in [6, 6.07) is 12.6. The minimum absolute atomic E-state index is 0.0132. The molecule has 2 rings (SSSR count). The zero-order chi connectivity index (χ0) is 22.1. The van der Waals surface area contributed by atoms with Crippen molar-refractivity contribution in [2.75, 3.05) is 13.1 Å². The monoisotopic (exact) mass is 411 g/mol. The van der Waals surface area contributed by atoms with Crippen LogP contribution in [-0.2, 0) is 22.7 Å². The largest absolute Gasteiger partial charge is 0.345 e. The number of amides is 2. The van der Waals surface area contributed by atoms with Gasteiger partial charge in [0.1, 0.15) is 0 Å². The number of nitrogens with zero attached hydrogens (tertiary/aromatic N) is 3. The van der Waals surface area contributed by atoms with Crippen molar-refractivity contribution in [3.8, 4) is 0 Å². The Labute approximate surface area is 181 Å². The summed E-state index contributed by atoms with van der Waals surface area (Å²) in [6.07, 6.45) is 4.86. The molecule has 0 fully saturated rings. The highest BCUT2D eigenvalue weighted by atomic mass is 16.2. The molecule has 2 amide bonds. The second-order valence-corrected chi connectivity index (χ2v) is 8.13. The Kier molecular flexibility index (Phi) is 9.15. The Morgan fingerprint density at radius 2 is 1.83 bits per heavy atom. The summed E-state index contributed by atoms with van der Waals surface area (Å²) in [7, 11) is 0. The van der Waals surface area contributed by atoms with Crippen LogP contribution in [0.3, 0.4) is 0 Å². The maximum Gasteiger partial charge on any atom is 0.242 e. The van der Waals surface area contributed by atoms with Crippen LogP contribution >= 0.6 is 0 Å². The number of rotatable bonds is 11. The molecule has 164 valence electrons. The lowest BCUT2D eigenvalue weighted by Crippen LogP contribution is -2.45. The second-order valence-electron chi connectivity index (χ2n) is 8.13. The molecule has 0 unspecified atom stereocenters. The van der Waals surface area contributed by atoms with Gasteiger partial charge in [-0.2, -0.15) is 0 Å². The van der Waals surface area contributed by atoms with Gasteiger partial charge in [0.25, 0.3) is 0 Å². The average molecular weight is 412 g/mol. The molecular weight excluding hydrogens is 374 g/mol. The normalized spacial score (nSPS) is 11.9. The first-order valence-corrected chi connectivity index (χ1v) is 11.1. The third kappa shape index (κ3) is 6.48. The van der Waals surface area contributed by atoms with E-state index in [1.807, 2.05) is 11.0 Å². The summed E-state index contributed by atoms with van der Waals surface area (Å²) < 4.78 is 2.21. The van der Waals surface area contributed by atoms with E-state index in [-0.39, 0.29) is 24.4 Å². The van der Waals surface area contributed by atoms with Crippen molar-refractivity contribution >= 4 is 11.8 Å². The van der Waals surface area contributed by atoms with Gasteiger partial charge in [0.15, 0.2) is 0 Å². The van der Waals surface area contributed by atoms with E-state index in [1.54, 1.807) is 11.8 Å². The summed E-state index contributed by atoms with van der Waals surface area (Å²) in [4.78, 5) is 28.8. The summed E-state index contributed by atoms with van der Waals surface area (Å²) in [5.41, 5.74) is 3.65. The van der Waals surface area contributed by atoms with Crippen molar-refractivity contribution in [3.63, 3.8) is 0 Å². The molecule has 0 spiro atoms. The van der Waals surface area contributed by atoms with Gasteiger partial charge in [-0.05, 0) is 49.9 Å². The smallest absolute Gasteiger partial charge is 0.242 e. The SMILES string of the molecule is CCCCN(CC(=O)N(Cc1cccn1Cc1ccccc1C)[C@@H](C)CC)C(C)=O. The topological polar surface area (TPSA) is 45.6 Å². The van der Waals surface area contributed by atoms with Gasteiger partial charge in [-0.25, -0.2) is 0 Å². The molecule has 0 bridgehead atoms. The summed E-state index contributed by atoms with van der Waals surface area (Å²) >= 11 is 0. The molecule has 30 heavy (non-hydrogen) atoms. The van der Waals surface area contributed by atoms with Gasteiger partial charge in [-0.15, -0.1) is 0 Å². The van der Waals surface area contributed by atoms with Gasteiger partial charge in [0.2, 0.25) is 11.8 Å². The second kappa shape index (κ2) is 11.6. The molecular formula is C25H37N3O2. The summed E-state index contributed by atoms with van der Waals surface area (Å²) in [6.45, 7) is 12.1.